The van der Waals surface area contributed by atoms with Crippen LogP contribution in [0.4, 0.5) is 0 Å². The van der Waals surface area contributed by atoms with Crippen LogP contribution in [0.1, 0.15) is 33.1 Å². The molecule has 1 N–H and O–H groups in total. The van der Waals surface area contributed by atoms with E-state index in [0.717, 1.165) is 45.7 Å². The third kappa shape index (κ3) is 5.85. The van der Waals surface area contributed by atoms with E-state index in [9.17, 15) is 8.42 Å². The maximum Gasteiger partial charge on any atom is 0.150 e. The fraction of sp³-hybridized carbons (Fsp3) is 1.00. The van der Waals surface area contributed by atoms with Gasteiger partial charge in [-0.15, -0.1) is 0 Å². The number of nitrogens with zero attached hydrogens (tertiary/aromatic N) is 1. The van der Waals surface area contributed by atoms with Crippen molar-refractivity contribution in [3.8, 4) is 0 Å². The van der Waals surface area contributed by atoms with Crippen molar-refractivity contribution < 1.29 is 13.2 Å². The van der Waals surface area contributed by atoms with E-state index in [1.165, 1.54) is 6.42 Å². The van der Waals surface area contributed by atoms with Crippen LogP contribution in [0.3, 0.4) is 0 Å². The van der Waals surface area contributed by atoms with Gasteiger partial charge in [0.1, 0.15) is 9.84 Å². The first-order valence-electron chi connectivity index (χ1n) is 8.22. The normalized spacial score (nSPS) is 26.0. The highest BCUT2D eigenvalue weighted by molar-refractivity contribution is 7.91. The van der Waals surface area contributed by atoms with Crippen LogP contribution in [0.5, 0.6) is 0 Å². The zero-order valence-electron chi connectivity index (χ0n) is 13.4. The molecule has 2 aliphatic rings. The van der Waals surface area contributed by atoms with Crippen LogP contribution in [0.25, 0.3) is 0 Å². The largest absolute Gasteiger partial charge is 0.379 e. The second-order valence-corrected chi connectivity index (χ2v) is 9.07. The van der Waals surface area contributed by atoms with Gasteiger partial charge in [0.2, 0.25) is 0 Å². The Hall–Kier alpha value is -0.170. The predicted octanol–water partition coefficient (Wildman–Crippen LogP) is 0.900. The predicted molar refractivity (Wildman–Crippen MR) is 85.3 cm³/mol. The highest BCUT2D eigenvalue weighted by Crippen LogP contribution is 2.16. The Morgan fingerprint density at radius 3 is 2.38 bits per heavy atom. The summed E-state index contributed by atoms with van der Waals surface area (Å²) in [5.74, 6) is 1.36. The quantitative estimate of drug-likeness (QED) is 0.788. The Morgan fingerprint density at radius 2 is 1.81 bits per heavy atom. The van der Waals surface area contributed by atoms with Gasteiger partial charge in [-0.1, -0.05) is 13.8 Å². The van der Waals surface area contributed by atoms with Crippen LogP contribution >= 0.6 is 0 Å². The van der Waals surface area contributed by atoms with Crippen LogP contribution < -0.4 is 5.32 Å². The average molecular weight is 318 g/mol. The number of rotatable bonds is 6. The molecule has 124 valence electrons. The molecule has 0 amide bonds. The van der Waals surface area contributed by atoms with Gasteiger partial charge in [-0.3, -0.25) is 4.90 Å². The third-order valence-corrected chi connectivity index (χ3v) is 6.22. The molecule has 1 unspecified atom stereocenters. The lowest BCUT2D eigenvalue weighted by Crippen LogP contribution is -2.50. The smallest absolute Gasteiger partial charge is 0.150 e. The monoisotopic (exact) mass is 318 g/mol. The Balaban J connectivity index is 1.81. The first-order valence-corrected chi connectivity index (χ1v) is 10.0. The van der Waals surface area contributed by atoms with Crippen molar-refractivity contribution in [1.29, 1.82) is 0 Å². The van der Waals surface area contributed by atoms with E-state index in [-0.39, 0.29) is 0 Å². The minimum Gasteiger partial charge on any atom is -0.379 e. The lowest BCUT2D eigenvalue weighted by atomic mass is 10.0. The van der Waals surface area contributed by atoms with Gasteiger partial charge in [0.05, 0.1) is 24.7 Å². The topological polar surface area (TPSA) is 58.6 Å². The summed E-state index contributed by atoms with van der Waals surface area (Å²) in [5, 5.41) is 3.62. The van der Waals surface area contributed by atoms with Gasteiger partial charge < -0.3 is 10.1 Å². The van der Waals surface area contributed by atoms with E-state index in [0.29, 0.717) is 29.5 Å². The Kier molecular flexibility index (Phi) is 6.47. The lowest BCUT2D eigenvalue weighted by Gasteiger charge is -2.37. The van der Waals surface area contributed by atoms with Crippen LogP contribution in [0, 0.1) is 5.92 Å². The first-order chi connectivity index (χ1) is 9.96. The minimum absolute atomic E-state index is 0.344. The number of nitrogens with one attached hydrogen (secondary N) is 1. The van der Waals surface area contributed by atoms with E-state index in [1.54, 1.807) is 0 Å². The van der Waals surface area contributed by atoms with Gasteiger partial charge in [0.25, 0.3) is 0 Å². The van der Waals surface area contributed by atoms with Crippen molar-refractivity contribution in [3.63, 3.8) is 0 Å². The van der Waals surface area contributed by atoms with Gasteiger partial charge >= 0.3 is 0 Å². The molecule has 0 aliphatic carbocycles. The molecule has 2 heterocycles. The SMILES string of the molecule is CC(C)CC(CNC1CCS(=O)(=O)CC1)N1CCOCC1. The van der Waals surface area contributed by atoms with E-state index in [2.05, 4.69) is 24.1 Å². The molecule has 0 aromatic carbocycles. The van der Waals surface area contributed by atoms with E-state index >= 15 is 0 Å². The summed E-state index contributed by atoms with van der Waals surface area (Å²) in [4.78, 5) is 2.52. The molecule has 0 bridgehead atoms. The Bertz CT molecular complexity index is 391. The van der Waals surface area contributed by atoms with Gasteiger partial charge in [-0.05, 0) is 25.2 Å². The molecule has 2 aliphatic heterocycles. The third-order valence-electron chi connectivity index (χ3n) is 4.50. The van der Waals surface area contributed by atoms with E-state index < -0.39 is 9.84 Å². The molecule has 21 heavy (non-hydrogen) atoms. The summed E-state index contributed by atoms with van der Waals surface area (Å²) >= 11 is 0. The molecular formula is C15H30N2O3S. The molecule has 5 nitrogen and oxygen atoms in total. The highest BCUT2D eigenvalue weighted by Gasteiger charge is 2.26. The Labute approximate surface area is 129 Å². The standard InChI is InChI=1S/C15H30N2O3S/c1-13(2)11-15(17-5-7-20-8-6-17)12-16-14-3-9-21(18,19)10-4-14/h13-16H,3-12H2,1-2H3. The average Bonchev–Trinajstić information content (AvgIpc) is 2.45. The lowest BCUT2D eigenvalue weighted by molar-refractivity contribution is 0.0117. The number of sulfone groups is 1. The summed E-state index contributed by atoms with van der Waals surface area (Å²) in [7, 11) is -2.76. The minimum atomic E-state index is -2.76. The summed E-state index contributed by atoms with van der Waals surface area (Å²) in [6, 6.07) is 0.900. The summed E-state index contributed by atoms with van der Waals surface area (Å²) in [6.45, 7) is 9.17. The molecule has 0 aromatic rings. The van der Waals surface area contributed by atoms with Gasteiger partial charge in [0.15, 0.2) is 0 Å². The highest BCUT2D eigenvalue weighted by atomic mass is 32.2. The maximum absolute atomic E-state index is 11.5. The zero-order valence-corrected chi connectivity index (χ0v) is 14.2. The number of hydrogen-bond donors (Lipinski definition) is 1. The van der Waals surface area contributed by atoms with Gasteiger partial charge in [-0.2, -0.15) is 0 Å². The van der Waals surface area contributed by atoms with Crippen molar-refractivity contribution >= 4 is 9.84 Å². The van der Waals surface area contributed by atoms with Crippen LogP contribution in [-0.2, 0) is 14.6 Å². The zero-order chi connectivity index (χ0) is 15.3. The molecule has 2 fully saturated rings. The first kappa shape index (κ1) is 17.2. The van der Waals surface area contributed by atoms with Crippen molar-refractivity contribution in [2.45, 2.75) is 45.2 Å². The molecular weight excluding hydrogens is 288 g/mol. The van der Waals surface area contributed by atoms with Crippen LogP contribution in [-0.4, -0.2) is 69.8 Å². The second-order valence-electron chi connectivity index (χ2n) is 6.77. The van der Waals surface area contributed by atoms with Crippen molar-refractivity contribution in [2.75, 3.05) is 44.4 Å². The van der Waals surface area contributed by atoms with E-state index in [1.807, 2.05) is 0 Å². The molecule has 0 aromatic heterocycles. The second kappa shape index (κ2) is 7.90. The molecule has 6 heteroatoms. The van der Waals surface area contributed by atoms with Crippen LogP contribution in [0.2, 0.25) is 0 Å². The summed E-state index contributed by atoms with van der Waals surface area (Å²) < 4.78 is 28.4. The fourth-order valence-corrected chi connectivity index (χ4v) is 4.74. The van der Waals surface area contributed by atoms with E-state index in [4.69, 9.17) is 4.74 Å². The molecule has 0 spiro atoms. The van der Waals surface area contributed by atoms with Crippen LogP contribution in [0.15, 0.2) is 0 Å². The molecule has 1 atom stereocenters. The van der Waals surface area contributed by atoms with Crippen molar-refractivity contribution in [3.05, 3.63) is 0 Å². The molecule has 0 saturated carbocycles. The van der Waals surface area contributed by atoms with Crippen molar-refractivity contribution in [2.24, 2.45) is 5.92 Å². The Morgan fingerprint density at radius 1 is 1.19 bits per heavy atom. The van der Waals surface area contributed by atoms with Gasteiger partial charge in [0, 0.05) is 31.7 Å². The fourth-order valence-electron chi connectivity index (χ4n) is 3.25. The summed E-state index contributed by atoms with van der Waals surface area (Å²) in [5.41, 5.74) is 0. The van der Waals surface area contributed by atoms with Gasteiger partial charge in [-0.25, -0.2) is 8.42 Å². The number of morpholine rings is 1. The molecule has 2 rings (SSSR count). The molecule has 2 saturated heterocycles. The van der Waals surface area contributed by atoms with Crippen molar-refractivity contribution in [1.82, 2.24) is 10.2 Å². The molecule has 0 radical (unpaired) electrons. The number of ether oxygens (including phenoxy) is 1. The summed E-state index contributed by atoms with van der Waals surface area (Å²) in [6.07, 6.45) is 2.71. The number of hydrogen-bond acceptors (Lipinski definition) is 5. The maximum atomic E-state index is 11.5.